The van der Waals surface area contributed by atoms with Crippen LogP contribution >= 0.6 is 15.9 Å². The first-order valence-electron chi connectivity index (χ1n) is 30.2. The van der Waals surface area contributed by atoms with Crippen LogP contribution in [0.3, 0.4) is 0 Å². The lowest BCUT2D eigenvalue weighted by atomic mass is 9.67. The molecule has 4 heterocycles. The van der Waals surface area contributed by atoms with E-state index in [1.165, 1.54) is 40.8 Å². The van der Waals surface area contributed by atoms with Gasteiger partial charge >= 0.3 is 12.4 Å². The molecule has 9 aromatic rings. The second kappa shape index (κ2) is 20.8. The molecular formula is C76H53BrF6N4O8. The molecule has 3 unspecified atom stereocenters. The lowest BCUT2D eigenvalue weighted by Gasteiger charge is -2.34. The molecular weight excluding hydrogens is 1290 g/mol. The minimum absolute atomic E-state index is 0.0138. The van der Waals surface area contributed by atoms with E-state index in [0.717, 1.165) is 149 Å². The van der Waals surface area contributed by atoms with E-state index in [9.17, 15) is 38.4 Å². The van der Waals surface area contributed by atoms with E-state index >= 15 is 26.3 Å². The van der Waals surface area contributed by atoms with Crippen LogP contribution in [-0.4, -0.2) is 71.6 Å². The van der Waals surface area contributed by atoms with Gasteiger partial charge in [0.25, 0.3) is 47.3 Å². The molecule has 8 amide bonds. The number of amides is 8. The number of imide groups is 4. The minimum atomic E-state index is -5.12. The van der Waals surface area contributed by atoms with Crippen LogP contribution in [0.15, 0.2) is 162 Å². The summed E-state index contributed by atoms with van der Waals surface area (Å²) in [6, 6.07) is 40.7. The molecule has 0 spiro atoms. The average Bonchev–Trinajstić information content (AvgIpc) is 1.57. The van der Waals surface area contributed by atoms with Gasteiger partial charge in [-0.25, -0.2) is 14.7 Å². The average molecular weight is 1340 g/mol. The van der Waals surface area contributed by atoms with Gasteiger partial charge in [0.2, 0.25) is 0 Å². The molecule has 1 aliphatic carbocycles. The van der Waals surface area contributed by atoms with Gasteiger partial charge in [-0.05, 0) is 206 Å². The lowest BCUT2D eigenvalue weighted by Crippen LogP contribution is -2.41. The van der Waals surface area contributed by atoms with Gasteiger partial charge in [0.15, 0.2) is 0 Å². The monoisotopic (exact) mass is 1340 g/mol. The lowest BCUT2D eigenvalue weighted by molar-refractivity contribution is -0.173. The summed E-state index contributed by atoms with van der Waals surface area (Å²) in [5, 5.41) is 0. The Morgan fingerprint density at radius 3 is 1.05 bits per heavy atom. The highest BCUT2D eigenvalue weighted by molar-refractivity contribution is 9.10. The van der Waals surface area contributed by atoms with Crippen molar-refractivity contribution >= 4 is 80.2 Å². The van der Waals surface area contributed by atoms with E-state index in [4.69, 9.17) is 0 Å². The Bertz CT molecular complexity index is 5010. The van der Waals surface area contributed by atoms with Crippen LogP contribution < -0.4 is 14.7 Å². The molecule has 474 valence electrons. The molecule has 19 heteroatoms. The molecule has 4 aliphatic heterocycles. The predicted octanol–water partition coefficient (Wildman–Crippen LogP) is 16.0. The molecule has 9 aromatic carbocycles. The smallest absolute Gasteiger partial charge is 0.277 e. The summed E-state index contributed by atoms with van der Waals surface area (Å²) in [5.74, 6) is -6.84. The van der Waals surface area contributed by atoms with E-state index in [0.29, 0.717) is 0 Å². The summed E-state index contributed by atoms with van der Waals surface area (Å²) in [6.07, 6.45) is -10.2. The van der Waals surface area contributed by atoms with E-state index < -0.39 is 98.1 Å². The third kappa shape index (κ3) is 8.39. The second-order valence-electron chi connectivity index (χ2n) is 25.4. The van der Waals surface area contributed by atoms with Crippen molar-refractivity contribution in [3.05, 3.63) is 285 Å². The molecule has 0 radical (unpaired) electrons. The fourth-order valence-electron chi connectivity index (χ4n) is 14.8. The van der Waals surface area contributed by atoms with Gasteiger partial charge in [-0.1, -0.05) is 112 Å². The van der Waals surface area contributed by atoms with Gasteiger partial charge in [0.05, 0.1) is 67.0 Å². The number of nitrogens with zero attached hydrogens (tertiary/aromatic N) is 4. The topological polar surface area (TPSA) is 150 Å². The van der Waals surface area contributed by atoms with Gasteiger partial charge in [0.1, 0.15) is 10.8 Å². The molecule has 12 nitrogen and oxygen atoms in total. The fourth-order valence-corrected chi connectivity index (χ4v) is 15.1. The number of rotatable bonds is 9. The van der Waals surface area contributed by atoms with Crippen molar-refractivity contribution in [3.63, 3.8) is 0 Å². The number of fused-ring (bicyclic) bond motifs is 7. The number of hydrogen-bond donors (Lipinski definition) is 0. The maximum Gasteiger partial charge on any atom is 0.402 e. The maximum atomic E-state index is 16.1. The molecule has 95 heavy (non-hydrogen) atoms. The zero-order valence-corrected chi connectivity index (χ0v) is 53.8. The molecule has 0 saturated heterocycles. The summed E-state index contributed by atoms with van der Waals surface area (Å²) in [5.41, 5.74) is -1.25. The van der Waals surface area contributed by atoms with Crippen LogP contribution in [0.5, 0.6) is 0 Å². The largest absolute Gasteiger partial charge is 0.402 e. The van der Waals surface area contributed by atoms with Crippen LogP contribution in [0.4, 0.5) is 43.4 Å². The highest BCUT2D eigenvalue weighted by Crippen LogP contribution is 2.58. The first kappa shape index (κ1) is 62.1. The Morgan fingerprint density at radius 2 is 0.642 bits per heavy atom. The summed E-state index contributed by atoms with van der Waals surface area (Å²) in [7, 11) is 1.21. The van der Waals surface area contributed by atoms with Crippen LogP contribution in [0.1, 0.15) is 175 Å². The van der Waals surface area contributed by atoms with Gasteiger partial charge < -0.3 is 0 Å². The Labute approximate surface area is 548 Å². The fraction of sp³-hybridized carbons (Fsp3) is 0.184. The Kier molecular flexibility index (Phi) is 13.6. The first-order valence-corrected chi connectivity index (χ1v) is 31.0. The normalized spacial score (nSPS) is 17.8. The first-order chi connectivity index (χ1) is 44.8. The molecule has 0 N–H and O–H groups in total. The zero-order chi connectivity index (χ0) is 68.0. The van der Waals surface area contributed by atoms with Crippen LogP contribution in [-0.2, 0) is 16.2 Å². The van der Waals surface area contributed by atoms with E-state index in [1.807, 2.05) is 44.2 Å². The van der Waals surface area contributed by atoms with Gasteiger partial charge in [-0.3, -0.25) is 43.3 Å². The molecule has 5 aliphatic rings. The van der Waals surface area contributed by atoms with Crippen molar-refractivity contribution in [2.45, 2.75) is 84.0 Å². The number of carbonyl (C=O) groups excluding carboxylic acids is 8. The maximum absolute atomic E-state index is 16.1. The van der Waals surface area contributed by atoms with Crippen molar-refractivity contribution in [1.82, 2.24) is 4.90 Å². The number of aryl methyl sites for hydroxylation is 2. The summed E-state index contributed by atoms with van der Waals surface area (Å²) in [6.45, 7) is 11.8. The zero-order valence-electron chi connectivity index (χ0n) is 52.2. The van der Waals surface area contributed by atoms with E-state index in [2.05, 4.69) is 58.4 Å². The molecule has 3 atom stereocenters. The van der Waals surface area contributed by atoms with Crippen LogP contribution in [0.2, 0.25) is 0 Å². The van der Waals surface area contributed by atoms with Crippen molar-refractivity contribution in [2.75, 3.05) is 21.7 Å². The highest BCUT2D eigenvalue weighted by Gasteiger charge is 2.57. The van der Waals surface area contributed by atoms with Crippen LogP contribution in [0, 0.1) is 41.5 Å². The molecule has 0 aromatic heterocycles. The SMILES string of the molecule is Cc1ccc(C2(c3ccc(N4C(=O)c5ccc(C(C)(c6ccc7c(c6)C(=O)N(c6c(C)c(C)c(N8C(=O)c9ccc(C(C)(c%10ccc%11c(c%10)C(=O)N(C)C%11=O)C(F)(F)F)cc9C8=O)c(C)c6C)C7=O)C(F)(F)F)cc5C4=O)cc3)c3cc(C)ccc3-c3ccc(Br)cc32)cc1. The van der Waals surface area contributed by atoms with Crippen molar-refractivity contribution in [3.8, 4) is 11.1 Å². The summed E-state index contributed by atoms with van der Waals surface area (Å²) < 4.78 is 95.5. The summed E-state index contributed by atoms with van der Waals surface area (Å²) >= 11 is 3.71. The molecule has 0 bridgehead atoms. The Balaban J connectivity index is 0.764. The number of carbonyl (C=O) groups is 8. The summed E-state index contributed by atoms with van der Waals surface area (Å²) in [4.78, 5) is 116. The molecule has 0 fully saturated rings. The molecule has 0 saturated carbocycles. The highest BCUT2D eigenvalue weighted by atomic mass is 79.9. The minimum Gasteiger partial charge on any atom is -0.277 e. The predicted molar refractivity (Wildman–Crippen MR) is 347 cm³/mol. The van der Waals surface area contributed by atoms with Crippen molar-refractivity contribution in [2.24, 2.45) is 0 Å². The number of hydrogen-bond acceptors (Lipinski definition) is 8. The number of anilines is 3. The third-order valence-electron chi connectivity index (χ3n) is 20.5. The van der Waals surface area contributed by atoms with Crippen molar-refractivity contribution in [1.29, 1.82) is 0 Å². The van der Waals surface area contributed by atoms with Gasteiger partial charge in [0, 0.05) is 11.5 Å². The third-order valence-corrected chi connectivity index (χ3v) is 21.0. The number of benzene rings is 9. The van der Waals surface area contributed by atoms with E-state index in [1.54, 1.807) is 12.1 Å². The Morgan fingerprint density at radius 1 is 0.337 bits per heavy atom. The number of alkyl halides is 6. The quantitative estimate of drug-likeness (QED) is 0.102. The van der Waals surface area contributed by atoms with Gasteiger partial charge in [-0.2, -0.15) is 26.3 Å². The molecule has 14 rings (SSSR count). The van der Waals surface area contributed by atoms with E-state index in [-0.39, 0.29) is 83.8 Å². The van der Waals surface area contributed by atoms with Gasteiger partial charge in [-0.15, -0.1) is 0 Å². The Hall–Kier alpha value is -10.4. The number of halogens is 7. The standard InChI is InChI=1S/C76H53BrF6N4O8/c1-36-10-13-42(14-11-36)74(60-30-37(2)12-24-50(60)51-29-21-48(77)35-61(51)74)43-15-22-49(23-16-43)85-66(90)53-26-18-45(32-57(53)69(85)93)73(8,76(81,82)83)47-20-28-55-59(34-47)71(95)87(68(55)92)63-40(5)38(3)62(39(4)41(63)6)86-67(91)54-27-19-46(33-58(54)70(86)94)72(7,75(78,79)80)44-17-25-52-56(31-44)65(89)84(9)64(52)88/h10-35H,1-9H3. The van der Waals surface area contributed by atoms with Crippen molar-refractivity contribution < 1.29 is 64.7 Å². The second-order valence-corrected chi connectivity index (χ2v) is 26.3. The van der Waals surface area contributed by atoms with Crippen LogP contribution in [0.25, 0.3) is 11.1 Å².